The molecule has 17 heavy (non-hydrogen) atoms. The average molecular weight is 225 g/mol. The molecular formula is C15H15NO. The summed E-state index contributed by atoms with van der Waals surface area (Å²) in [5.41, 5.74) is 8.55. The molecule has 0 radical (unpaired) electrons. The van der Waals surface area contributed by atoms with E-state index in [0.29, 0.717) is 0 Å². The highest BCUT2D eigenvalue weighted by atomic mass is 16.1. The largest absolute Gasteiger partial charge is 0.369 e. The summed E-state index contributed by atoms with van der Waals surface area (Å²) < 4.78 is 0. The number of amides is 1. The lowest BCUT2D eigenvalue weighted by atomic mass is 9.97. The van der Waals surface area contributed by atoms with E-state index < -0.39 is 0 Å². The van der Waals surface area contributed by atoms with Gasteiger partial charge in [0.1, 0.15) is 0 Å². The summed E-state index contributed by atoms with van der Waals surface area (Å²) in [6.45, 7) is 1.82. The van der Waals surface area contributed by atoms with E-state index in [9.17, 15) is 4.79 Å². The molecule has 86 valence electrons. The molecule has 2 aromatic carbocycles. The number of carbonyl (C=O) groups excluding carboxylic acids is 1. The third-order valence-corrected chi connectivity index (χ3v) is 2.94. The summed E-state index contributed by atoms with van der Waals surface area (Å²) in [5.74, 6) is -0.530. The van der Waals surface area contributed by atoms with Crippen molar-refractivity contribution >= 4 is 5.91 Å². The third-order valence-electron chi connectivity index (χ3n) is 2.94. The zero-order valence-electron chi connectivity index (χ0n) is 9.76. The molecule has 0 aliphatic rings. The number of hydrogen-bond acceptors (Lipinski definition) is 1. The number of carbonyl (C=O) groups is 1. The van der Waals surface area contributed by atoms with Crippen LogP contribution in [0.1, 0.15) is 18.4 Å². The van der Waals surface area contributed by atoms with Crippen molar-refractivity contribution < 1.29 is 4.79 Å². The lowest BCUT2D eigenvalue weighted by Gasteiger charge is -2.08. The van der Waals surface area contributed by atoms with Crippen molar-refractivity contribution in [2.45, 2.75) is 12.8 Å². The van der Waals surface area contributed by atoms with Crippen LogP contribution in [-0.4, -0.2) is 5.91 Å². The second kappa shape index (κ2) is 4.83. The van der Waals surface area contributed by atoms with Crippen molar-refractivity contribution in [2.75, 3.05) is 0 Å². The smallest absolute Gasteiger partial charge is 0.224 e. The normalized spacial score (nSPS) is 12.1. The number of primary amides is 1. The average Bonchev–Trinajstić information content (AvgIpc) is 2.39. The van der Waals surface area contributed by atoms with E-state index in [4.69, 9.17) is 5.73 Å². The molecule has 0 aromatic heterocycles. The van der Waals surface area contributed by atoms with Crippen LogP contribution in [0.5, 0.6) is 0 Å². The standard InChI is InChI=1S/C15H15NO/c1-11(15(16)17)12-7-9-14(10-8-12)13-5-3-2-4-6-13/h2-11H,1H3,(H2,16,17). The van der Waals surface area contributed by atoms with Crippen LogP contribution in [0, 0.1) is 0 Å². The fourth-order valence-electron chi connectivity index (χ4n) is 1.76. The van der Waals surface area contributed by atoms with Crippen molar-refractivity contribution in [1.82, 2.24) is 0 Å². The van der Waals surface area contributed by atoms with Gasteiger partial charge in [-0.25, -0.2) is 0 Å². The molecular weight excluding hydrogens is 210 g/mol. The van der Waals surface area contributed by atoms with Crippen LogP contribution in [0.3, 0.4) is 0 Å². The van der Waals surface area contributed by atoms with E-state index in [0.717, 1.165) is 11.1 Å². The first-order valence-electron chi connectivity index (χ1n) is 5.63. The Morgan fingerprint density at radius 3 is 2.00 bits per heavy atom. The molecule has 0 saturated heterocycles. The molecule has 2 N–H and O–H groups in total. The first-order valence-corrected chi connectivity index (χ1v) is 5.63. The molecule has 1 amide bonds. The van der Waals surface area contributed by atoms with Gasteiger partial charge in [-0.3, -0.25) is 4.79 Å². The summed E-state index contributed by atoms with van der Waals surface area (Å²) in [4.78, 5) is 11.1. The number of hydrogen-bond donors (Lipinski definition) is 1. The summed E-state index contributed by atoms with van der Waals surface area (Å²) in [6.07, 6.45) is 0. The molecule has 0 saturated carbocycles. The minimum atomic E-state index is -0.294. The van der Waals surface area contributed by atoms with Crippen LogP contribution >= 0.6 is 0 Å². The molecule has 0 aliphatic carbocycles. The Kier molecular flexibility index (Phi) is 3.24. The number of nitrogens with two attached hydrogens (primary N) is 1. The molecule has 0 spiro atoms. The molecule has 0 aliphatic heterocycles. The predicted octanol–water partition coefficient (Wildman–Crippen LogP) is 2.94. The van der Waals surface area contributed by atoms with Crippen LogP contribution in [0.25, 0.3) is 11.1 Å². The minimum Gasteiger partial charge on any atom is -0.369 e. The highest BCUT2D eigenvalue weighted by molar-refractivity contribution is 5.81. The van der Waals surface area contributed by atoms with Gasteiger partial charge in [-0.05, 0) is 23.6 Å². The Morgan fingerprint density at radius 2 is 1.47 bits per heavy atom. The van der Waals surface area contributed by atoms with E-state index >= 15 is 0 Å². The van der Waals surface area contributed by atoms with Crippen LogP contribution in [0.15, 0.2) is 54.6 Å². The van der Waals surface area contributed by atoms with Gasteiger partial charge in [0.15, 0.2) is 0 Å². The summed E-state index contributed by atoms with van der Waals surface area (Å²) in [5, 5.41) is 0. The quantitative estimate of drug-likeness (QED) is 0.857. The van der Waals surface area contributed by atoms with Gasteiger partial charge in [-0.2, -0.15) is 0 Å². The highest BCUT2D eigenvalue weighted by Gasteiger charge is 2.10. The van der Waals surface area contributed by atoms with Crippen molar-refractivity contribution in [3.05, 3.63) is 60.2 Å². The molecule has 2 aromatic rings. The molecule has 0 fully saturated rings. The molecule has 1 unspecified atom stereocenters. The Labute approximate surface area is 101 Å². The first kappa shape index (κ1) is 11.4. The maximum absolute atomic E-state index is 11.1. The zero-order chi connectivity index (χ0) is 12.3. The molecule has 2 nitrogen and oxygen atoms in total. The van der Waals surface area contributed by atoms with Crippen LogP contribution in [0.2, 0.25) is 0 Å². The van der Waals surface area contributed by atoms with Crippen LogP contribution < -0.4 is 5.73 Å². The van der Waals surface area contributed by atoms with Crippen LogP contribution in [0.4, 0.5) is 0 Å². The van der Waals surface area contributed by atoms with E-state index in [-0.39, 0.29) is 11.8 Å². The molecule has 0 heterocycles. The molecule has 2 heteroatoms. The SMILES string of the molecule is CC(C(N)=O)c1ccc(-c2ccccc2)cc1. The second-order valence-corrected chi connectivity index (χ2v) is 4.11. The van der Waals surface area contributed by atoms with Gasteiger partial charge in [0.2, 0.25) is 5.91 Å². The second-order valence-electron chi connectivity index (χ2n) is 4.11. The Bertz CT molecular complexity index is 502. The summed E-state index contributed by atoms with van der Waals surface area (Å²) in [6, 6.07) is 18.1. The topological polar surface area (TPSA) is 43.1 Å². The monoisotopic (exact) mass is 225 g/mol. The van der Waals surface area contributed by atoms with E-state index in [1.165, 1.54) is 5.56 Å². The Balaban J connectivity index is 2.28. The van der Waals surface area contributed by atoms with Gasteiger partial charge in [0.05, 0.1) is 5.92 Å². The minimum absolute atomic E-state index is 0.236. The first-order chi connectivity index (χ1) is 8.18. The maximum atomic E-state index is 11.1. The zero-order valence-corrected chi connectivity index (χ0v) is 9.76. The fraction of sp³-hybridized carbons (Fsp3) is 0.133. The van der Waals surface area contributed by atoms with Gasteiger partial charge >= 0.3 is 0 Å². The van der Waals surface area contributed by atoms with Crippen molar-refractivity contribution in [3.63, 3.8) is 0 Å². The lowest BCUT2D eigenvalue weighted by molar-refractivity contribution is -0.119. The maximum Gasteiger partial charge on any atom is 0.224 e. The van der Waals surface area contributed by atoms with Gasteiger partial charge in [0, 0.05) is 0 Å². The third kappa shape index (κ3) is 2.53. The molecule has 0 bridgehead atoms. The van der Waals surface area contributed by atoms with E-state index in [2.05, 4.69) is 12.1 Å². The highest BCUT2D eigenvalue weighted by Crippen LogP contribution is 2.22. The van der Waals surface area contributed by atoms with E-state index in [1.54, 1.807) is 0 Å². The summed E-state index contributed by atoms with van der Waals surface area (Å²) in [7, 11) is 0. The number of rotatable bonds is 3. The van der Waals surface area contributed by atoms with Gasteiger partial charge in [0.25, 0.3) is 0 Å². The molecule has 1 atom stereocenters. The van der Waals surface area contributed by atoms with Crippen molar-refractivity contribution in [3.8, 4) is 11.1 Å². The summed E-state index contributed by atoms with van der Waals surface area (Å²) >= 11 is 0. The number of benzene rings is 2. The predicted molar refractivity (Wildman–Crippen MR) is 69.5 cm³/mol. The van der Waals surface area contributed by atoms with Crippen LogP contribution in [-0.2, 0) is 4.79 Å². The Morgan fingerprint density at radius 1 is 0.941 bits per heavy atom. The van der Waals surface area contributed by atoms with E-state index in [1.807, 2.05) is 49.4 Å². The molecule has 2 rings (SSSR count). The fourth-order valence-corrected chi connectivity index (χ4v) is 1.76. The van der Waals surface area contributed by atoms with Gasteiger partial charge < -0.3 is 5.73 Å². The van der Waals surface area contributed by atoms with Crippen molar-refractivity contribution in [1.29, 1.82) is 0 Å². The Hall–Kier alpha value is -2.09. The van der Waals surface area contributed by atoms with Crippen molar-refractivity contribution in [2.24, 2.45) is 5.73 Å². The van der Waals surface area contributed by atoms with Gasteiger partial charge in [-0.1, -0.05) is 54.6 Å². The van der Waals surface area contributed by atoms with Gasteiger partial charge in [-0.15, -0.1) is 0 Å². The lowest BCUT2D eigenvalue weighted by Crippen LogP contribution is -2.18.